The summed E-state index contributed by atoms with van der Waals surface area (Å²) in [6, 6.07) is 17.4. The summed E-state index contributed by atoms with van der Waals surface area (Å²) >= 11 is 4.31. The van der Waals surface area contributed by atoms with Crippen LogP contribution in [0.25, 0.3) is 0 Å². The van der Waals surface area contributed by atoms with Crippen molar-refractivity contribution in [3.63, 3.8) is 0 Å². The average molecular weight is 353 g/mol. The molecule has 2 aromatic carbocycles. The predicted octanol–water partition coefficient (Wildman–Crippen LogP) is 2.34. The second-order valence-corrected chi connectivity index (χ2v) is 6.04. The van der Waals surface area contributed by atoms with E-state index in [1.807, 2.05) is 60.8 Å². The third kappa shape index (κ3) is 5.17. The lowest BCUT2D eigenvalue weighted by atomic mass is 10.2. The molecule has 0 spiro atoms. The van der Waals surface area contributed by atoms with Crippen LogP contribution in [0.2, 0.25) is 0 Å². The van der Waals surface area contributed by atoms with Crippen LogP contribution in [-0.2, 0) is 17.9 Å². The van der Waals surface area contributed by atoms with Gasteiger partial charge in [-0.05, 0) is 17.7 Å². The maximum atomic E-state index is 12.0. The zero-order valence-corrected chi connectivity index (χ0v) is 14.5. The Labute approximate surface area is 151 Å². The summed E-state index contributed by atoms with van der Waals surface area (Å²) in [6.07, 6.45) is 1.88. The van der Waals surface area contributed by atoms with Gasteiger partial charge in [0, 0.05) is 11.4 Å². The van der Waals surface area contributed by atoms with Gasteiger partial charge in [0.2, 0.25) is 5.91 Å². The fourth-order valence-corrected chi connectivity index (χ4v) is 2.56. The highest BCUT2D eigenvalue weighted by atomic mass is 32.1. The Bertz CT molecular complexity index is 834. The Morgan fingerprint density at radius 1 is 1.08 bits per heavy atom. The van der Waals surface area contributed by atoms with E-state index in [1.165, 1.54) is 0 Å². The van der Waals surface area contributed by atoms with Crippen molar-refractivity contribution < 1.29 is 4.79 Å². The Morgan fingerprint density at radius 2 is 1.84 bits per heavy atom. The first kappa shape index (κ1) is 17.2. The van der Waals surface area contributed by atoms with Crippen molar-refractivity contribution in [1.82, 2.24) is 20.3 Å². The first-order chi connectivity index (χ1) is 12.2. The van der Waals surface area contributed by atoms with E-state index < -0.39 is 0 Å². The number of amides is 1. The van der Waals surface area contributed by atoms with Crippen LogP contribution >= 0.6 is 12.6 Å². The van der Waals surface area contributed by atoms with Crippen LogP contribution in [0.4, 0.5) is 5.69 Å². The molecule has 1 aromatic heterocycles. The first-order valence-corrected chi connectivity index (χ1v) is 8.37. The number of hydrogen-bond donors (Lipinski definition) is 3. The normalized spacial score (nSPS) is 10.6. The summed E-state index contributed by atoms with van der Waals surface area (Å²) in [5.41, 5.74) is 2.65. The summed E-state index contributed by atoms with van der Waals surface area (Å²) in [4.78, 5) is 12.7. The van der Waals surface area contributed by atoms with Gasteiger partial charge in [-0.15, -0.1) is 17.7 Å². The Balaban J connectivity index is 1.45. The molecule has 0 aliphatic rings. The van der Waals surface area contributed by atoms with Crippen molar-refractivity contribution in [3.8, 4) is 0 Å². The van der Waals surface area contributed by atoms with E-state index in [1.54, 1.807) is 4.68 Å². The van der Waals surface area contributed by atoms with E-state index in [0.29, 0.717) is 18.8 Å². The molecule has 0 saturated carbocycles. The molecule has 25 heavy (non-hydrogen) atoms. The molecule has 0 fully saturated rings. The van der Waals surface area contributed by atoms with Crippen LogP contribution in [0.3, 0.4) is 0 Å². The lowest BCUT2D eigenvalue weighted by molar-refractivity contribution is -0.115. The molecule has 2 N–H and O–H groups in total. The third-order valence-electron chi connectivity index (χ3n) is 3.54. The minimum Gasteiger partial charge on any atom is -0.324 e. The molecule has 3 aromatic rings. The summed E-state index contributed by atoms with van der Waals surface area (Å²) in [7, 11) is 0. The molecular weight excluding hydrogens is 334 g/mol. The van der Waals surface area contributed by atoms with Crippen LogP contribution in [-0.4, -0.2) is 27.4 Å². The molecule has 3 rings (SSSR count). The molecule has 0 aliphatic carbocycles. The first-order valence-electron chi connectivity index (χ1n) is 7.92. The molecule has 6 nitrogen and oxygen atoms in total. The number of benzene rings is 2. The average Bonchev–Trinajstić information content (AvgIpc) is 3.05. The van der Waals surface area contributed by atoms with E-state index in [4.69, 9.17) is 0 Å². The van der Waals surface area contributed by atoms with Crippen molar-refractivity contribution in [1.29, 1.82) is 0 Å². The van der Waals surface area contributed by atoms with Gasteiger partial charge in [-0.3, -0.25) is 4.79 Å². The van der Waals surface area contributed by atoms with Gasteiger partial charge in [0.05, 0.1) is 30.7 Å². The van der Waals surface area contributed by atoms with Gasteiger partial charge in [0.1, 0.15) is 0 Å². The number of thiol groups is 1. The van der Waals surface area contributed by atoms with Crippen molar-refractivity contribution in [2.45, 2.75) is 18.0 Å². The van der Waals surface area contributed by atoms with Crippen LogP contribution < -0.4 is 10.6 Å². The molecule has 1 heterocycles. The topological polar surface area (TPSA) is 71.8 Å². The van der Waals surface area contributed by atoms with Gasteiger partial charge >= 0.3 is 0 Å². The Hall–Kier alpha value is -2.64. The van der Waals surface area contributed by atoms with E-state index in [2.05, 4.69) is 33.6 Å². The van der Waals surface area contributed by atoms with E-state index in [-0.39, 0.29) is 12.5 Å². The number of anilines is 1. The summed E-state index contributed by atoms with van der Waals surface area (Å²) < 4.78 is 1.78. The molecule has 0 aliphatic heterocycles. The van der Waals surface area contributed by atoms with Crippen molar-refractivity contribution in [3.05, 3.63) is 72.1 Å². The zero-order valence-electron chi connectivity index (χ0n) is 13.6. The molecule has 0 unspecified atom stereocenters. The molecule has 0 bridgehead atoms. The number of hydrogen-bond acceptors (Lipinski definition) is 5. The van der Waals surface area contributed by atoms with E-state index in [9.17, 15) is 4.79 Å². The quantitative estimate of drug-likeness (QED) is 0.570. The number of rotatable bonds is 7. The predicted molar refractivity (Wildman–Crippen MR) is 99.6 cm³/mol. The zero-order chi connectivity index (χ0) is 17.5. The second-order valence-electron chi connectivity index (χ2n) is 5.56. The molecule has 7 heteroatoms. The molecular formula is C18H19N5OS. The van der Waals surface area contributed by atoms with Crippen molar-refractivity contribution in [2.24, 2.45) is 0 Å². The number of carbonyl (C=O) groups excluding carboxylic acids is 1. The van der Waals surface area contributed by atoms with Gasteiger partial charge in [0.15, 0.2) is 0 Å². The van der Waals surface area contributed by atoms with Gasteiger partial charge in [0.25, 0.3) is 0 Å². The maximum Gasteiger partial charge on any atom is 0.238 e. The van der Waals surface area contributed by atoms with Crippen LogP contribution in [0.15, 0.2) is 65.7 Å². The summed E-state index contributed by atoms with van der Waals surface area (Å²) in [5.74, 6) is -0.127. The molecule has 0 atom stereocenters. The van der Waals surface area contributed by atoms with Crippen LogP contribution in [0.1, 0.15) is 11.3 Å². The van der Waals surface area contributed by atoms with Gasteiger partial charge in [-0.2, -0.15) is 0 Å². The number of aromatic nitrogens is 3. The maximum absolute atomic E-state index is 12.0. The monoisotopic (exact) mass is 353 g/mol. The highest BCUT2D eigenvalue weighted by molar-refractivity contribution is 7.80. The van der Waals surface area contributed by atoms with Crippen molar-refractivity contribution in [2.75, 3.05) is 11.9 Å². The summed E-state index contributed by atoms with van der Waals surface area (Å²) in [5, 5.41) is 14.1. The molecule has 128 valence electrons. The standard InChI is InChI=1S/C18H19N5OS/c24-18(20-16-8-4-5-9-17(16)25)11-19-10-15-13-23(22-21-15)12-14-6-2-1-3-7-14/h1-9,13,19,25H,10-12H2,(H,20,24). The minimum atomic E-state index is -0.127. The van der Waals surface area contributed by atoms with Gasteiger partial charge in [-0.25, -0.2) is 4.68 Å². The van der Waals surface area contributed by atoms with E-state index >= 15 is 0 Å². The lowest BCUT2D eigenvalue weighted by Gasteiger charge is -2.07. The third-order valence-corrected chi connectivity index (χ3v) is 3.93. The lowest BCUT2D eigenvalue weighted by Crippen LogP contribution is -2.28. The van der Waals surface area contributed by atoms with Crippen LogP contribution in [0.5, 0.6) is 0 Å². The number of nitrogens with zero attached hydrogens (tertiary/aromatic N) is 3. The minimum absolute atomic E-state index is 0.127. The van der Waals surface area contributed by atoms with Gasteiger partial charge < -0.3 is 10.6 Å². The van der Waals surface area contributed by atoms with Gasteiger partial charge in [-0.1, -0.05) is 47.7 Å². The van der Waals surface area contributed by atoms with Crippen LogP contribution in [0, 0.1) is 0 Å². The Kier molecular flexibility index (Phi) is 5.81. The molecule has 0 radical (unpaired) electrons. The SMILES string of the molecule is O=C(CNCc1cn(Cc2ccccc2)nn1)Nc1ccccc1S. The largest absolute Gasteiger partial charge is 0.324 e. The number of para-hydroxylation sites is 1. The fourth-order valence-electron chi connectivity index (χ4n) is 2.35. The Morgan fingerprint density at radius 3 is 2.64 bits per heavy atom. The van der Waals surface area contributed by atoms with Crippen molar-refractivity contribution >= 4 is 24.2 Å². The number of nitrogens with one attached hydrogen (secondary N) is 2. The molecule has 0 saturated heterocycles. The fraction of sp³-hybridized carbons (Fsp3) is 0.167. The van der Waals surface area contributed by atoms with E-state index in [0.717, 1.165) is 16.2 Å². The highest BCUT2D eigenvalue weighted by Crippen LogP contribution is 2.18. The molecule has 1 amide bonds. The summed E-state index contributed by atoms with van der Waals surface area (Å²) in [6.45, 7) is 1.34. The highest BCUT2D eigenvalue weighted by Gasteiger charge is 2.06. The second kappa shape index (κ2) is 8.46. The smallest absolute Gasteiger partial charge is 0.238 e. The number of carbonyl (C=O) groups is 1.